The van der Waals surface area contributed by atoms with Crippen LogP contribution < -0.4 is 5.32 Å². The standard InChI is InChI=1S/C10H18N2O3S/c1-8(9(13)14)7-11-10(15)12-3-2-5-16-6-4-12/h8H,2-7H2,1H3,(H,11,15)(H,13,14). The second-order valence-electron chi connectivity index (χ2n) is 3.88. The molecule has 1 heterocycles. The lowest BCUT2D eigenvalue weighted by Crippen LogP contribution is -2.43. The molecule has 1 fully saturated rings. The third-order valence-corrected chi connectivity index (χ3v) is 3.54. The molecular weight excluding hydrogens is 228 g/mol. The molecule has 0 aromatic carbocycles. The zero-order chi connectivity index (χ0) is 12.0. The van der Waals surface area contributed by atoms with Crippen molar-refractivity contribution < 1.29 is 14.7 Å². The second-order valence-corrected chi connectivity index (χ2v) is 5.10. The molecule has 5 nitrogen and oxygen atoms in total. The molecule has 6 heteroatoms. The maximum atomic E-state index is 11.7. The van der Waals surface area contributed by atoms with Gasteiger partial charge in [0.05, 0.1) is 5.92 Å². The molecule has 16 heavy (non-hydrogen) atoms. The van der Waals surface area contributed by atoms with E-state index in [4.69, 9.17) is 5.11 Å². The van der Waals surface area contributed by atoms with Crippen molar-refractivity contribution in [1.29, 1.82) is 0 Å². The first kappa shape index (κ1) is 13.2. The Morgan fingerprint density at radius 3 is 2.88 bits per heavy atom. The van der Waals surface area contributed by atoms with E-state index in [1.807, 2.05) is 11.8 Å². The number of nitrogens with one attached hydrogen (secondary N) is 1. The van der Waals surface area contributed by atoms with Crippen LogP contribution in [-0.4, -0.2) is 53.1 Å². The first-order valence-corrected chi connectivity index (χ1v) is 6.60. The van der Waals surface area contributed by atoms with Gasteiger partial charge in [0.25, 0.3) is 0 Å². The van der Waals surface area contributed by atoms with Crippen LogP contribution in [-0.2, 0) is 4.79 Å². The molecule has 2 N–H and O–H groups in total. The van der Waals surface area contributed by atoms with Crippen molar-refractivity contribution in [2.75, 3.05) is 31.1 Å². The fraction of sp³-hybridized carbons (Fsp3) is 0.800. The minimum atomic E-state index is -0.883. The molecule has 1 unspecified atom stereocenters. The van der Waals surface area contributed by atoms with Crippen LogP contribution >= 0.6 is 11.8 Å². The summed E-state index contributed by atoms with van der Waals surface area (Å²) in [7, 11) is 0. The van der Waals surface area contributed by atoms with Gasteiger partial charge in [-0.25, -0.2) is 4.79 Å². The highest BCUT2D eigenvalue weighted by Gasteiger charge is 2.17. The van der Waals surface area contributed by atoms with Crippen LogP contribution in [0.3, 0.4) is 0 Å². The van der Waals surface area contributed by atoms with E-state index in [0.29, 0.717) is 0 Å². The van der Waals surface area contributed by atoms with E-state index in [-0.39, 0.29) is 12.6 Å². The van der Waals surface area contributed by atoms with Gasteiger partial charge >= 0.3 is 12.0 Å². The fourth-order valence-corrected chi connectivity index (χ4v) is 2.28. The molecule has 1 rings (SSSR count). The molecule has 1 aliphatic rings. The van der Waals surface area contributed by atoms with Gasteiger partial charge in [-0.15, -0.1) is 0 Å². The Hall–Kier alpha value is -0.910. The summed E-state index contributed by atoms with van der Waals surface area (Å²) >= 11 is 1.85. The molecule has 0 bridgehead atoms. The van der Waals surface area contributed by atoms with Crippen molar-refractivity contribution in [2.24, 2.45) is 5.92 Å². The molecule has 2 amide bonds. The third-order valence-electron chi connectivity index (χ3n) is 2.49. The molecular formula is C10H18N2O3S. The van der Waals surface area contributed by atoms with Gasteiger partial charge in [-0.1, -0.05) is 6.92 Å². The number of carbonyl (C=O) groups excluding carboxylic acids is 1. The maximum Gasteiger partial charge on any atom is 0.317 e. The van der Waals surface area contributed by atoms with Gasteiger partial charge in [0.1, 0.15) is 0 Å². The smallest absolute Gasteiger partial charge is 0.317 e. The minimum Gasteiger partial charge on any atom is -0.481 e. The summed E-state index contributed by atoms with van der Waals surface area (Å²) in [5, 5.41) is 11.3. The SMILES string of the molecule is CC(CNC(=O)N1CCCSCC1)C(=O)O. The highest BCUT2D eigenvalue weighted by Crippen LogP contribution is 2.09. The lowest BCUT2D eigenvalue weighted by atomic mass is 10.2. The van der Waals surface area contributed by atoms with Crippen molar-refractivity contribution in [3.63, 3.8) is 0 Å². The van der Waals surface area contributed by atoms with Crippen LogP contribution in [0.5, 0.6) is 0 Å². The van der Waals surface area contributed by atoms with Gasteiger partial charge in [-0.2, -0.15) is 11.8 Å². The van der Waals surface area contributed by atoms with E-state index in [0.717, 1.165) is 31.0 Å². The Balaban J connectivity index is 2.30. The summed E-state index contributed by atoms with van der Waals surface area (Å²) in [6.07, 6.45) is 1.01. The molecule has 0 aliphatic carbocycles. The van der Waals surface area contributed by atoms with Crippen LogP contribution in [0.1, 0.15) is 13.3 Å². The number of hydrogen-bond acceptors (Lipinski definition) is 3. The fourth-order valence-electron chi connectivity index (χ4n) is 1.39. The molecule has 1 aliphatic heterocycles. The lowest BCUT2D eigenvalue weighted by Gasteiger charge is -2.21. The summed E-state index contributed by atoms with van der Waals surface area (Å²) in [4.78, 5) is 24.0. The average molecular weight is 246 g/mol. The van der Waals surface area contributed by atoms with E-state index in [1.165, 1.54) is 0 Å². The molecule has 0 spiro atoms. The van der Waals surface area contributed by atoms with Crippen LogP contribution in [0.2, 0.25) is 0 Å². The summed E-state index contributed by atoms with van der Waals surface area (Å²) in [6, 6.07) is -0.143. The number of thioether (sulfide) groups is 1. The van der Waals surface area contributed by atoms with Crippen molar-refractivity contribution in [1.82, 2.24) is 10.2 Å². The Bertz CT molecular complexity index is 252. The summed E-state index contributed by atoms with van der Waals surface area (Å²) in [5.41, 5.74) is 0. The summed E-state index contributed by atoms with van der Waals surface area (Å²) in [6.45, 7) is 3.29. The largest absolute Gasteiger partial charge is 0.481 e. The summed E-state index contributed by atoms with van der Waals surface area (Å²) < 4.78 is 0. The molecule has 0 saturated carbocycles. The van der Waals surface area contributed by atoms with E-state index in [2.05, 4.69) is 5.32 Å². The van der Waals surface area contributed by atoms with Crippen LogP contribution in [0.15, 0.2) is 0 Å². The van der Waals surface area contributed by atoms with Gasteiger partial charge in [-0.3, -0.25) is 4.79 Å². The maximum absolute atomic E-state index is 11.7. The molecule has 0 aromatic rings. The predicted molar refractivity (Wildman–Crippen MR) is 63.7 cm³/mol. The number of rotatable bonds is 3. The Morgan fingerprint density at radius 2 is 2.19 bits per heavy atom. The number of aliphatic carboxylic acids is 1. The van der Waals surface area contributed by atoms with Gasteiger partial charge in [0.15, 0.2) is 0 Å². The predicted octanol–water partition coefficient (Wildman–Crippen LogP) is 0.856. The van der Waals surface area contributed by atoms with Crippen LogP contribution in [0.4, 0.5) is 4.79 Å². The van der Waals surface area contributed by atoms with E-state index >= 15 is 0 Å². The van der Waals surface area contributed by atoms with Gasteiger partial charge in [0.2, 0.25) is 0 Å². The zero-order valence-electron chi connectivity index (χ0n) is 9.44. The van der Waals surface area contributed by atoms with Crippen molar-refractivity contribution in [3.05, 3.63) is 0 Å². The third kappa shape index (κ3) is 4.30. The highest BCUT2D eigenvalue weighted by molar-refractivity contribution is 7.99. The van der Waals surface area contributed by atoms with Gasteiger partial charge < -0.3 is 15.3 Å². The normalized spacial score (nSPS) is 18.7. The average Bonchev–Trinajstić information content (AvgIpc) is 2.53. The van der Waals surface area contributed by atoms with E-state index in [9.17, 15) is 9.59 Å². The number of nitrogens with zero attached hydrogens (tertiary/aromatic N) is 1. The Kier molecular flexibility index (Phi) is 5.45. The number of carboxylic acid groups (broad SMARTS) is 1. The number of urea groups is 1. The van der Waals surface area contributed by atoms with E-state index < -0.39 is 11.9 Å². The van der Waals surface area contributed by atoms with Crippen molar-refractivity contribution in [3.8, 4) is 0 Å². The molecule has 92 valence electrons. The Labute approximate surface area is 99.6 Å². The van der Waals surface area contributed by atoms with Gasteiger partial charge in [0, 0.05) is 25.4 Å². The van der Waals surface area contributed by atoms with Crippen LogP contribution in [0, 0.1) is 5.92 Å². The topological polar surface area (TPSA) is 69.6 Å². The zero-order valence-corrected chi connectivity index (χ0v) is 10.3. The first-order valence-electron chi connectivity index (χ1n) is 5.44. The quantitative estimate of drug-likeness (QED) is 0.774. The lowest BCUT2D eigenvalue weighted by molar-refractivity contribution is -0.140. The molecule has 0 aromatic heterocycles. The van der Waals surface area contributed by atoms with Crippen molar-refractivity contribution in [2.45, 2.75) is 13.3 Å². The number of carboxylic acids is 1. The number of carbonyl (C=O) groups is 2. The van der Waals surface area contributed by atoms with E-state index in [1.54, 1.807) is 11.8 Å². The second kappa shape index (κ2) is 6.62. The van der Waals surface area contributed by atoms with Crippen molar-refractivity contribution >= 4 is 23.8 Å². The number of hydrogen-bond donors (Lipinski definition) is 2. The molecule has 1 atom stereocenters. The summed E-state index contributed by atoms with van der Waals surface area (Å²) in [5.74, 6) is 0.633. The minimum absolute atomic E-state index is 0.143. The monoisotopic (exact) mass is 246 g/mol. The number of amides is 2. The first-order chi connectivity index (χ1) is 7.61. The highest BCUT2D eigenvalue weighted by atomic mass is 32.2. The molecule has 0 radical (unpaired) electrons. The van der Waals surface area contributed by atoms with Crippen LogP contribution in [0.25, 0.3) is 0 Å². The van der Waals surface area contributed by atoms with Gasteiger partial charge in [-0.05, 0) is 12.2 Å². The molecule has 1 saturated heterocycles. The Morgan fingerprint density at radius 1 is 1.44 bits per heavy atom.